The third-order valence-corrected chi connectivity index (χ3v) is 3.43. The molecule has 0 fully saturated rings. The van der Waals surface area contributed by atoms with Gasteiger partial charge in [0.25, 0.3) is 0 Å². The Bertz CT molecular complexity index is 539. The van der Waals surface area contributed by atoms with Gasteiger partial charge in [-0.25, -0.2) is 0 Å². The summed E-state index contributed by atoms with van der Waals surface area (Å²) in [6, 6.07) is 9.11. The topological polar surface area (TPSA) is 44.8 Å². The van der Waals surface area contributed by atoms with Crippen LogP contribution in [0.1, 0.15) is 16.8 Å². The first kappa shape index (κ1) is 14.5. The van der Waals surface area contributed by atoms with E-state index in [1.807, 2.05) is 18.2 Å². The van der Waals surface area contributed by atoms with Crippen molar-refractivity contribution in [1.29, 1.82) is 0 Å². The molecule has 0 spiro atoms. The van der Waals surface area contributed by atoms with E-state index >= 15 is 0 Å². The second-order valence-corrected chi connectivity index (χ2v) is 4.47. The molecule has 106 valence electrons. The Balaban J connectivity index is 2.34. The summed E-state index contributed by atoms with van der Waals surface area (Å²) < 4.78 is 16.1. The number of carbonyl (C=O) groups excluding carboxylic acids is 1. The Labute approximate surface area is 118 Å². The molecule has 1 aromatic carbocycles. The van der Waals surface area contributed by atoms with Gasteiger partial charge in [-0.3, -0.25) is 4.79 Å². The van der Waals surface area contributed by atoms with Gasteiger partial charge in [0, 0.05) is 19.8 Å². The fourth-order valence-electron chi connectivity index (χ4n) is 2.17. The van der Waals surface area contributed by atoms with Crippen LogP contribution in [0.25, 0.3) is 0 Å². The van der Waals surface area contributed by atoms with Crippen LogP contribution in [-0.4, -0.2) is 32.9 Å². The number of allylic oxidation sites excluding steroid dienone is 2. The van der Waals surface area contributed by atoms with Crippen LogP contribution in [0.2, 0.25) is 0 Å². The van der Waals surface area contributed by atoms with E-state index in [-0.39, 0.29) is 5.78 Å². The van der Waals surface area contributed by atoms with Crippen molar-refractivity contribution < 1.29 is 19.0 Å². The summed E-state index contributed by atoms with van der Waals surface area (Å²) in [7, 11) is 4.67. The van der Waals surface area contributed by atoms with E-state index in [2.05, 4.69) is 0 Å². The maximum absolute atomic E-state index is 12.5. The van der Waals surface area contributed by atoms with Gasteiger partial charge in [-0.2, -0.15) is 0 Å². The second-order valence-electron chi connectivity index (χ2n) is 4.47. The Morgan fingerprint density at radius 2 is 1.75 bits per heavy atom. The molecule has 0 heterocycles. The molecular weight excluding hydrogens is 256 g/mol. The molecule has 0 N–H and O–H groups in total. The van der Waals surface area contributed by atoms with E-state index in [4.69, 9.17) is 14.2 Å². The Kier molecular flexibility index (Phi) is 4.37. The lowest BCUT2D eigenvalue weighted by molar-refractivity contribution is -0.174. The zero-order chi connectivity index (χ0) is 14.6. The van der Waals surface area contributed by atoms with Crippen molar-refractivity contribution in [3.63, 3.8) is 0 Å². The summed E-state index contributed by atoms with van der Waals surface area (Å²) in [5.74, 6) is -0.379. The molecule has 4 nitrogen and oxygen atoms in total. The van der Waals surface area contributed by atoms with Gasteiger partial charge in [-0.05, 0) is 12.2 Å². The number of Topliss-reactive ketones (excluding diaryl/α,β-unsaturated/α-hetero) is 1. The van der Waals surface area contributed by atoms with Gasteiger partial charge in [0.15, 0.2) is 11.6 Å². The first-order valence-electron chi connectivity index (χ1n) is 6.32. The highest BCUT2D eigenvalue weighted by Gasteiger charge is 2.34. The standard InChI is InChI=1S/C16H18O4/c1-18-14-11-16(19-2,20-3)10-9-13(14)15(17)12-7-5-4-6-8-12/h4-10H,11H2,1-3H3. The molecule has 1 aromatic rings. The van der Waals surface area contributed by atoms with Gasteiger partial charge in [0.1, 0.15) is 5.76 Å². The Morgan fingerprint density at radius 3 is 2.30 bits per heavy atom. The number of ketones is 1. The summed E-state index contributed by atoms with van der Waals surface area (Å²) >= 11 is 0. The fourth-order valence-corrected chi connectivity index (χ4v) is 2.17. The summed E-state index contributed by atoms with van der Waals surface area (Å²) in [6.45, 7) is 0. The van der Waals surface area contributed by atoms with Crippen molar-refractivity contribution in [2.24, 2.45) is 0 Å². The van der Waals surface area contributed by atoms with Crippen molar-refractivity contribution in [1.82, 2.24) is 0 Å². The normalized spacial score (nSPS) is 17.1. The largest absolute Gasteiger partial charge is 0.500 e. The lowest BCUT2D eigenvalue weighted by Gasteiger charge is -2.31. The third-order valence-electron chi connectivity index (χ3n) is 3.43. The molecule has 2 rings (SSSR count). The predicted octanol–water partition coefficient (Wildman–Crippen LogP) is 2.72. The van der Waals surface area contributed by atoms with Crippen LogP contribution >= 0.6 is 0 Å². The molecule has 1 aliphatic rings. The first-order valence-corrected chi connectivity index (χ1v) is 6.32. The highest BCUT2D eigenvalue weighted by molar-refractivity contribution is 6.11. The van der Waals surface area contributed by atoms with Crippen molar-refractivity contribution in [3.8, 4) is 0 Å². The smallest absolute Gasteiger partial charge is 0.196 e. The highest BCUT2D eigenvalue weighted by Crippen LogP contribution is 2.32. The summed E-state index contributed by atoms with van der Waals surface area (Å²) in [5.41, 5.74) is 1.16. The third kappa shape index (κ3) is 2.66. The zero-order valence-corrected chi connectivity index (χ0v) is 11.9. The first-order chi connectivity index (χ1) is 9.65. The molecule has 4 heteroatoms. The number of carbonyl (C=O) groups is 1. The number of methoxy groups -OCH3 is 3. The van der Waals surface area contributed by atoms with Gasteiger partial charge in [-0.15, -0.1) is 0 Å². The average molecular weight is 274 g/mol. The number of rotatable bonds is 5. The predicted molar refractivity (Wildman–Crippen MR) is 75.3 cm³/mol. The number of hydrogen-bond donors (Lipinski definition) is 0. The van der Waals surface area contributed by atoms with E-state index in [0.717, 1.165) is 0 Å². The zero-order valence-electron chi connectivity index (χ0n) is 11.9. The van der Waals surface area contributed by atoms with Gasteiger partial charge >= 0.3 is 0 Å². The Hall–Kier alpha value is -1.91. The van der Waals surface area contributed by atoms with Crippen LogP contribution < -0.4 is 0 Å². The summed E-state index contributed by atoms with van der Waals surface area (Å²) in [6.07, 6.45) is 3.80. The highest BCUT2D eigenvalue weighted by atomic mass is 16.7. The molecule has 0 unspecified atom stereocenters. The second kappa shape index (κ2) is 6.03. The summed E-state index contributed by atoms with van der Waals surface area (Å²) in [4.78, 5) is 12.5. The molecule has 20 heavy (non-hydrogen) atoms. The van der Waals surface area contributed by atoms with E-state index in [0.29, 0.717) is 23.3 Å². The van der Waals surface area contributed by atoms with Gasteiger partial charge in [-0.1, -0.05) is 30.3 Å². The molecule has 0 radical (unpaired) electrons. The van der Waals surface area contributed by atoms with E-state index in [9.17, 15) is 4.79 Å². The molecule has 0 saturated carbocycles. The quantitative estimate of drug-likeness (QED) is 0.611. The van der Waals surface area contributed by atoms with Crippen molar-refractivity contribution >= 4 is 5.78 Å². The summed E-state index contributed by atoms with van der Waals surface area (Å²) in [5, 5.41) is 0. The van der Waals surface area contributed by atoms with Crippen LogP contribution in [-0.2, 0) is 14.2 Å². The average Bonchev–Trinajstić information content (AvgIpc) is 2.54. The molecule has 0 aromatic heterocycles. The maximum Gasteiger partial charge on any atom is 0.196 e. The van der Waals surface area contributed by atoms with Gasteiger partial charge in [0.05, 0.1) is 19.1 Å². The molecule has 1 aliphatic carbocycles. The number of benzene rings is 1. The molecule has 0 bridgehead atoms. The lowest BCUT2D eigenvalue weighted by atomic mass is 9.94. The van der Waals surface area contributed by atoms with Crippen LogP contribution in [0.5, 0.6) is 0 Å². The fraction of sp³-hybridized carbons (Fsp3) is 0.312. The number of ether oxygens (including phenoxy) is 3. The molecule has 0 aliphatic heterocycles. The van der Waals surface area contributed by atoms with Crippen LogP contribution in [0.3, 0.4) is 0 Å². The SMILES string of the molecule is COC1=C(C(=O)c2ccccc2)C=CC(OC)(OC)C1. The lowest BCUT2D eigenvalue weighted by Crippen LogP contribution is -2.34. The molecule has 0 atom stereocenters. The van der Waals surface area contributed by atoms with E-state index in [1.54, 1.807) is 45.6 Å². The monoisotopic (exact) mass is 274 g/mol. The molecular formula is C16H18O4. The van der Waals surface area contributed by atoms with Crippen molar-refractivity contribution in [2.45, 2.75) is 12.2 Å². The number of hydrogen-bond acceptors (Lipinski definition) is 4. The molecule has 0 amide bonds. The van der Waals surface area contributed by atoms with Gasteiger partial charge in [0.2, 0.25) is 0 Å². The van der Waals surface area contributed by atoms with E-state index in [1.165, 1.54) is 0 Å². The Morgan fingerprint density at radius 1 is 1.10 bits per heavy atom. The minimum atomic E-state index is -0.869. The minimum absolute atomic E-state index is 0.0699. The molecule has 0 saturated heterocycles. The van der Waals surface area contributed by atoms with Crippen LogP contribution in [0, 0.1) is 0 Å². The van der Waals surface area contributed by atoms with Crippen molar-refractivity contribution in [3.05, 3.63) is 59.4 Å². The van der Waals surface area contributed by atoms with Crippen LogP contribution in [0.4, 0.5) is 0 Å². The van der Waals surface area contributed by atoms with Crippen molar-refractivity contribution in [2.75, 3.05) is 21.3 Å². The van der Waals surface area contributed by atoms with Gasteiger partial charge < -0.3 is 14.2 Å². The van der Waals surface area contributed by atoms with Crippen LogP contribution in [0.15, 0.2) is 53.8 Å². The minimum Gasteiger partial charge on any atom is -0.500 e. The maximum atomic E-state index is 12.5. The van der Waals surface area contributed by atoms with E-state index < -0.39 is 5.79 Å².